The van der Waals surface area contributed by atoms with E-state index in [0.717, 1.165) is 19.3 Å². The van der Waals surface area contributed by atoms with Gasteiger partial charge in [-0.2, -0.15) is 13.2 Å². The number of amides is 2. The molecule has 1 aliphatic rings. The van der Waals surface area contributed by atoms with Crippen LogP contribution in [0.3, 0.4) is 0 Å². The van der Waals surface area contributed by atoms with E-state index in [9.17, 15) is 22.8 Å². The number of carbonyl (C=O) groups is 2. The molecule has 0 aromatic heterocycles. The maximum atomic E-state index is 12.8. The van der Waals surface area contributed by atoms with Crippen LogP contribution in [0.25, 0.3) is 0 Å². The van der Waals surface area contributed by atoms with Crippen molar-refractivity contribution in [3.63, 3.8) is 0 Å². The minimum absolute atomic E-state index is 0.209. The van der Waals surface area contributed by atoms with Crippen LogP contribution in [0, 0.1) is 5.92 Å². The van der Waals surface area contributed by atoms with Gasteiger partial charge in [-0.1, -0.05) is 13.3 Å². The lowest BCUT2D eigenvalue weighted by Crippen LogP contribution is -2.64. The first-order valence-corrected chi connectivity index (χ1v) is 6.99. The number of carboxylic acids is 1. The Morgan fingerprint density at radius 3 is 2.10 bits per heavy atom. The highest BCUT2D eigenvalue weighted by Crippen LogP contribution is 2.30. The van der Waals surface area contributed by atoms with Gasteiger partial charge in [0.2, 0.25) is 5.54 Å². The van der Waals surface area contributed by atoms with Crippen LogP contribution in [0.5, 0.6) is 0 Å². The summed E-state index contributed by atoms with van der Waals surface area (Å²) in [6.07, 6.45) is -0.808. The molecule has 0 spiro atoms. The third-order valence-electron chi connectivity index (χ3n) is 4.12. The van der Waals surface area contributed by atoms with Crippen molar-refractivity contribution < 1.29 is 27.9 Å². The second-order valence-electron chi connectivity index (χ2n) is 5.65. The van der Waals surface area contributed by atoms with Gasteiger partial charge in [-0.25, -0.2) is 9.59 Å². The molecule has 3 N–H and O–H groups in total. The number of urea groups is 1. The van der Waals surface area contributed by atoms with Gasteiger partial charge < -0.3 is 15.7 Å². The van der Waals surface area contributed by atoms with Gasteiger partial charge in [-0.05, 0) is 38.5 Å². The Morgan fingerprint density at radius 2 is 1.71 bits per heavy atom. The van der Waals surface area contributed by atoms with Gasteiger partial charge >= 0.3 is 18.2 Å². The molecule has 1 aliphatic carbocycles. The number of carbonyl (C=O) groups excluding carboxylic acids is 1. The average molecular weight is 310 g/mol. The second-order valence-corrected chi connectivity index (χ2v) is 5.65. The van der Waals surface area contributed by atoms with Crippen molar-refractivity contribution in [1.82, 2.24) is 10.6 Å². The van der Waals surface area contributed by atoms with Gasteiger partial charge in [0.1, 0.15) is 0 Å². The molecular weight excluding hydrogens is 289 g/mol. The van der Waals surface area contributed by atoms with Crippen LogP contribution in [0.2, 0.25) is 0 Å². The molecule has 122 valence electrons. The van der Waals surface area contributed by atoms with E-state index in [0.29, 0.717) is 25.7 Å². The summed E-state index contributed by atoms with van der Waals surface area (Å²) in [5.74, 6) is -1.55. The fourth-order valence-electron chi connectivity index (χ4n) is 2.41. The van der Waals surface area contributed by atoms with E-state index in [1.165, 1.54) is 5.32 Å². The first-order chi connectivity index (χ1) is 9.60. The molecule has 2 amide bonds. The standard InChI is InChI=1S/C13H21F3N2O3/c1-3-8-4-6-9(7-5-8)17-11(21)18-12(2,10(19)20)13(14,15)16/h8-9H,3-7H2,1-2H3,(H,19,20)(H2,17,18,21). The van der Waals surface area contributed by atoms with Crippen LogP contribution in [0.1, 0.15) is 46.0 Å². The molecule has 0 aromatic carbocycles. The van der Waals surface area contributed by atoms with Crippen molar-refractivity contribution in [3.8, 4) is 0 Å². The van der Waals surface area contributed by atoms with E-state index in [4.69, 9.17) is 5.11 Å². The SMILES string of the molecule is CCC1CCC(NC(=O)NC(C)(C(=O)O)C(F)(F)F)CC1. The van der Waals surface area contributed by atoms with Crippen LogP contribution < -0.4 is 10.6 Å². The summed E-state index contributed by atoms with van der Waals surface area (Å²) >= 11 is 0. The molecule has 0 radical (unpaired) electrons. The van der Waals surface area contributed by atoms with Crippen molar-refractivity contribution in [1.29, 1.82) is 0 Å². The van der Waals surface area contributed by atoms with Crippen LogP contribution in [-0.4, -0.2) is 34.9 Å². The molecule has 21 heavy (non-hydrogen) atoms. The number of hydrogen-bond donors (Lipinski definition) is 3. The van der Waals surface area contributed by atoms with E-state index in [2.05, 4.69) is 12.2 Å². The number of carboxylic acid groups (broad SMARTS) is 1. The molecule has 1 fully saturated rings. The Bertz CT molecular complexity index is 393. The predicted octanol–water partition coefficient (Wildman–Crippen LogP) is 2.66. The van der Waals surface area contributed by atoms with E-state index >= 15 is 0 Å². The zero-order valence-electron chi connectivity index (χ0n) is 12.1. The zero-order chi connectivity index (χ0) is 16.3. The van der Waals surface area contributed by atoms with E-state index in [1.54, 1.807) is 0 Å². The first kappa shape index (κ1) is 17.6. The third-order valence-corrected chi connectivity index (χ3v) is 4.12. The highest BCUT2D eigenvalue weighted by atomic mass is 19.4. The highest BCUT2D eigenvalue weighted by Gasteiger charge is 2.58. The minimum Gasteiger partial charge on any atom is -0.479 e. The largest absolute Gasteiger partial charge is 0.479 e. The third kappa shape index (κ3) is 4.25. The average Bonchev–Trinajstić information content (AvgIpc) is 2.37. The van der Waals surface area contributed by atoms with Crippen molar-refractivity contribution >= 4 is 12.0 Å². The van der Waals surface area contributed by atoms with E-state index < -0.39 is 23.7 Å². The Labute approximate surface area is 121 Å². The number of nitrogens with one attached hydrogen (secondary N) is 2. The summed E-state index contributed by atoms with van der Waals surface area (Å²) in [6, 6.07) is -1.31. The maximum absolute atomic E-state index is 12.8. The monoisotopic (exact) mass is 310 g/mol. The van der Waals surface area contributed by atoms with Crippen LogP contribution in [0.15, 0.2) is 0 Å². The molecule has 1 unspecified atom stereocenters. The number of halogens is 3. The summed E-state index contributed by atoms with van der Waals surface area (Å²) < 4.78 is 38.3. The first-order valence-electron chi connectivity index (χ1n) is 6.99. The van der Waals surface area contributed by atoms with Crippen LogP contribution >= 0.6 is 0 Å². The molecule has 0 saturated heterocycles. The van der Waals surface area contributed by atoms with Crippen LogP contribution in [-0.2, 0) is 4.79 Å². The molecule has 0 heterocycles. The second kappa shape index (κ2) is 6.53. The lowest BCUT2D eigenvalue weighted by Gasteiger charge is -2.32. The molecule has 0 bridgehead atoms. The Kier molecular flexibility index (Phi) is 5.47. The van der Waals surface area contributed by atoms with Gasteiger partial charge in [0.25, 0.3) is 0 Å². The van der Waals surface area contributed by atoms with Gasteiger partial charge in [-0.15, -0.1) is 0 Å². The fourth-order valence-corrected chi connectivity index (χ4v) is 2.41. The predicted molar refractivity (Wildman–Crippen MR) is 69.8 cm³/mol. The molecule has 5 nitrogen and oxygen atoms in total. The highest BCUT2D eigenvalue weighted by molar-refractivity contribution is 5.86. The quantitative estimate of drug-likeness (QED) is 0.747. The van der Waals surface area contributed by atoms with Gasteiger partial charge in [0, 0.05) is 6.04 Å². The molecule has 0 aliphatic heterocycles. The Morgan fingerprint density at radius 1 is 1.19 bits per heavy atom. The number of hydrogen-bond acceptors (Lipinski definition) is 2. The summed E-state index contributed by atoms with van der Waals surface area (Å²) in [6.45, 7) is 2.51. The number of aliphatic carboxylic acids is 1. The fraction of sp³-hybridized carbons (Fsp3) is 0.846. The Balaban J connectivity index is 2.58. The number of alkyl halides is 3. The van der Waals surface area contributed by atoms with Gasteiger partial charge in [0.05, 0.1) is 0 Å². The summed E-state index contributed by atoms with van der Waals surface area (Å²) in [5.41, 5.74) is -3.29. The molecule has 1 atom stereocenters. The molecule has 8 heteroatoms. The van der Waals surface area contributed by atoms with Crippen molar-refractivity contribution in [3.05, 3.63) is 0 Å². The lowest BCUT2D eigenvalue weighted by molar-refractivity contribution is -0.203. The lowest BCUT2D eigenvalue weighted by atomic mass is 9.84. The normalized spacial score (nSPS) is 25.8. The smallest absolute Gasteiger partial charge is 0.422 e. The minimum atomic E-state index is -5.07. The van der Waals surface area contributed by atoms with Crippen LogP contribution in [0.4, 0.5) is 18.0 Å². The van der Waals surface area contributed by atoms with Gasteiger partial charge in [-0.3, -0.25) is 0 Å². The van der Waals surface area contributed by atoms with Crippen molar-refractivity contribution in [2.45, 2.75) is 63.7 Å². The van der Waals surface area contributed by atoms with Gasteiger partial charge in [0.15, 0.2) is 0 Å². The van der Waals surface area contributed by atoms with Crippen molar-refractivity contribution in [2.24, 2.45) is 5.92 Å². The molecule has 1 saturated carbocycles. The number of rotatable bonds is 4. The van der Waals surface area contributed by atoms with E-state index in [-0.39, 0.29) is 6.04 Å². The summed E-state index contributed by atoms with van der Waals surface area (Å²) in [5, 5.41) is 12.7. The molecular formula is C13H21F3N2O3. The molecule has 1 rings (SSSR count). The summed E-state index contributed by atoms with van der Waals surface area (Å²) in [7, 11) is 0. The van der Waals surface area contributed by atoms with Crippen molar-refractivity contribution in [2.75, 3.05) is 0 Å². The molecule has 0 aromatic rings. The van der Waals surface area contributed by atoms with E-state index in [1.807, 2.05) is 0 Å². The summed E-state index contributed by atoms with van der Waals surface area (Å²) in [4.78, 5) is 22.5. The Hall–Kier alpha value is -1.47. The zero-order valence-corrected chi connectivity index (χ0v) is 12.1. The maximum Gasteiger partial charge on any atom is 0.422 e. The topological polar surface area (TPSA) is 78.4 Å².